The van der Waals surface area contributed by atoms with Gasteiger partial charge in [-0.05, 0) is 67.1 Å². The Kier molecular flexibility index (Phi) is 9.53. The first-order valence-corrected chi connectivity index (χ1v) is 17.0. The molecule has 2 fully saturated rings. The number of amides is 4. The lowest BCUT2D eigenvalue weighted by Crippen LogP contribution is -2.45. The van der Waals surface area contributed by atoms with Gasteiger partial charge < -0.3 is 20.5 Å². The van der Waals surface area contributed by atoms with Crippen LogP contribution in [0, 0.1) is 5.82 Å². The van der Waals surface area contributed by atoms with Crippen molar-refractivity contribution >= 4 is 40.2 Å². The molecular formula is C40H38FN5O4. The summed E-state index contributed by atoms with van der Waals surface area (Å²) in [5.74, 6) is -2.36. The van der Waals surface area contributed by atoms with Crippen LogP contribution in [0.5, 0.6) is 0 Å². The summed E-state index contributed by atoms with van der Waals surface area (Å²) in [6.07, 6.45) is 3.09. The van der Waals surface area contributed by atoms with Crippen LogP contribution in [0.1, 0.15) is 48.3 Å². The zero-order chi connectivity index (χ0) is 34.6. The minimum absolute atomic E-state index is 0.0952. The number of aromatic amines is 1. The largest absolute Gasteiger partial charge is 0.352 e. The number of carbonyl (C=O) groups is 4. The molecule has 2 aliphatic heterocycles. The number of aromatic nitrogens is 1. The maximum atomic E-state index is 15.9. The van der Waals surface area contributed by atoms with Crippen molar-refractivity contribution in [3.8, 4) is 11.3 Å². The first kappa shape index (κ1) is 32.9. The van der Waals surface area contributed by atoms with Crippen LogP contribution < -0.4 is 16.0 Å². The van der Waals surface area contributed by atoms with Gasteiger partial charge in [0.05, 0.1) is 24.1 Å². The summed E-state index contributed by atoms with van der Waals surface area (Å²) in [6.45, 7) is 1.26. The fraction of sp³-hybridized carbons (Fsp3) is 0.250. The molecule has 254 valence electrons. The molecule has 4 amide bonds. The second-order valence-electron chi connectivity index (χ2n) is 12.9. The molecule has 2 saturated heterocycles. The minimum Gasteiger partial charge on any atom is -0.352 e. The normalized spacial score (nSPS) is 17.8. The summed E-state index contributed by atoms with van der Waals surface area (Å²) in [6, 6.07) is 29.8. The molecule has 50 heavy (non-hydrogen) atoms. The summed E-state index contributed by atoms with van der Waals surface area (Å²) in [4.78, 5) is 57.4. The summed E-state index contributed by atoms with van der Waals surface area (Å²) >= 11 is 0. The van der Waals surface area contributed by atoms with E-state index in [1.165, 1.54) is 0 Å². The SMILES string of the molecule is O=C(NC(=O)[C@@H](c1ccccc1)c1ccc(-c2[nH]c3ccc(NC(=O)[C@@H]4CCCN4C(=O)Cc4ccccc4)cc3c2F)cc1)C1CCCN1. The molecule has 0 saturated carbocycles. The first-order chi connectivity index (χ1) is 24.4. The molecule has 3 heterocycles. The van der Waals surface area contributed by atoms with E-state index in [0.29, 0.717) is 47.1 Å². The molecule has 1 aromatic heterocycles. The number of imide groups is 1. The number of nitrogens with zero attached hydrogens (tertiary/aromatic N) is 1. The van der Waals surface area contributed by atoms with Crippen LogP contribution in [0.15, 0.2) is 103 Å². The third kappa shape index (κ3) is 6.93. The number of anilines is 1. The summed E-state index contributed by atoms with van der Waals surface area (Å²) in [5, 5.41) is 8.92. The smallest absolute Gasteiger partial charge is 0.247 e. The third-order valence-corrected chi connectivity index (χ3v) is 9.63. The molecule has 1 unspecified atom stereocenters. The Morgan fingerprint density at radius 3 is 2.26 bits per heavy atom. The fourth-order valence-corrected chi connectivity index (χ4v) is 7.04. The number of nitrogens with one attached hydrogen (secondary N) is 4. The monoisotopic (exact) mass is 671 g/mol. The number of rotatable bonds is 9. The number of benzene rings is 4. The van der Waals surface area contributed by atoms with Crippen molar-refractivity contribution in [2.45, 2.75) is 50.1 Å². The van der Waals surface area contributed by atoms with Gasteiger partial charge in [-0.2, -0.15) is 0 Å². The minimum atomic E-state index is -0.737. The topological polar surface area (TPSA) is 123 Å². The number of hydrogen-bond donors (Lipinski definition) is 4. The predicted molar refractivity (Wildman–Crippen MR) is 190 cm³/mol. The van der Waals surface area contributed by atoms with Crippen molar-refractivity contribution in [2.75, 3.05) is 18.4 Å². The highest BCUT2D eigenvalue weighted by molar-refractivity contribution is 6.02. The van der Waals surface area contributed by atoms with Gasteiger partial charge in [-0.15, -0.1) is 0 Å². The Bertz CT molecular complexity index is 2020. The van der Waals surface area contributed by atoms with Gasteiger partial charge in [0.25, 0.3) is 0 Å². The van der Waals surface area contributed by atoms with Gasteiger partial charge in [0, 0.05) is 28.7 Å². The molecule has 2 aliphatic rings. The van der Waals surface area contributed by atoms with Gasteiger partial charge in [0.1, 0.15) is 6.04 Å². The van der Waals surface area contributed by atoms with E-state index in [1.54, 1.807) is 47.4 Å². The zero-order valence-corrected chi connectivity index (χ0v) is 27.5. The van der Waals surface area contributed by atoms with E-state index in [0.717, 1.165) is 30.5 Å². The Balaban J connectivity index is 1.07. The van der Waals surface area contributed by atoms with Gasteiger partial charge in [-0.25, -0.2) is 4.39 Å². The van der Waals surface area contributed by atoms with Crippen LogP contribution in [-0.4, -0.2) is 58.7 Å². The van der Waals surface area contributed by atoms with Crippen LogP contribution in [0.4, 0.5) is 10.1 Å². The Labute approximate surface area is 289 Å². The molecule has 4 N–H and O–H groups in total. The lowest BCUT2D eigenvalue weighted by atomic mass is 9.89. The van der Waals surface area contributed by atoms with E-state index >= 15 is 4.39 Å². The quantitative estimate of drug-likeness (QED) is 0.161. The van der Waals surface area contributed by atoms with Gasteiger partial charge in [0.2, 0.25) is 23.6 Å². The van der Waals surface area contributed by atoms with Crippen molar-refractivity contribution in [1.82, 2.24) is 20.5 Å². The molecule has 5 aromatic rings. The molecule has 3 atom stereocenters. The van der Waals surface area contributed by atoms with Gasteiger partial charge in [-0.3, -0.25) is 24.5 Å². The van der Waals surface area contributed by atoms with Crippen molar-refractivity contribution in [1.29, 1.82) is 0 Å². The van der Waals surface area contributed by atoms with Gasteiger partial charge >= 0.3 is 0 Å². The maximum absolute atomic E-state index is 15.9. The second-order valence-corrected chi connectivity index (χ2v) is 12.9. The lowest BCUT2D eigenvalue weighted by molar-refractivity contribution is -0.136. The van der Waals surface area contributed by atoms with E-state index in [2.05, 4.69) is 20.9 Å². The second kappa shape index (κ2) is 14.5. The van der Waals surface area contributed by atoms with Gasteiger partial charge in [-0.1, -0.05) is 84.9 Å². The number of H-pyrrole nitrogens is 1. The number of likely N-dealkylation sites (tertiary alicyclic amines) is 1. The van der Waals surface area contributed by atoms with Crippen molar-refractivity contribution in [3.63, 3.8) is 0 Å². The molecule has 0 spiro atoms. The Morgan fingerprint density at radius 2 is 1.54 bits per heavy atom. The average molecular weight is 672 g/mol. The van der Waals surface area contributed by atoms with E-state index in [1.807, 2.05) is 60.7 Å². The number of halogens is 1. The van der Waals surface area contributed by atoms with Crippen LogP contribution in [-0.2, 0) is 25.6 Å². The van der Waals surface area contributed by atoms with E-state index in [4.69, 9.17) is 0 Å². The molecule has 9 nitrogen and oxygen atoms in total. The van der Waals surface area contributed by atoms with Crippen LogP contribution in [0.3, 0.4) is 0 Å². The molecule has 10 heteroatoms. The standard InChI is InChI=1S/C40H38FN5O4/c41-36-30-24-29(43-39(49)33-14-8-22-46(33)34(47)23-25-9-3-1-4-10-25)19-20-31(30)44-37(36)28-17-15-27(16-18-28)35(26-11-5-2-6-12-26)40(50)45-38(48)32-13-7-21-42-32/h1-6,9-12,15-20,24,32-33,35,42,44H,7-8,13-14,21-23H2,(H,43,49)(H,45,48,50)/t32?,33-,35-/m0/s1. The average Bonchev–Trinajstić information content (AvgIpc) is 3.91. The van der Waals surface area contributed by atoms with Crippen LogP contribution in [0.2, 0.25) is 0 Å². The fourth-order valence-electron chi connectivity index (χ4n) is 7.04. The summed E-state index contributed by atoms with van der Waals surface area (Å²) < 4.78 is 15.9. The first-order valence-electron chi connectivity index (χ1n) is 17.0. The van der Waals surface area contributed by atoms with E-state index < -0.39 is 23.7 Å². The molecule has 4 aromatic carbocycles. The van der Waals surface area contributed by atoms with Crippen LogP contribution in [0.25, 0.3) is 22.2 Å². The van der Waals surface area contributed by atoms with Gasteiger partial charge in [0.15, 0.2) is 5.82 Å². The number of hydrogen-bond acceptors (Lipinski definition) is 5. The summed E-state index contributed by atoms with van der Waals surface area (Å²) in [5.41, 5.74) is 4.13. The molecule has 7 rings (SSSR count). The maximum Gasteiger partial charge on any atom is 0.247 e. The predicted octanol–water partition coefficient (Wildman–Crippen LogP) is 5.67. The highest BCUT2D eigenvalue weighted by Gasteiger charge is 2.34. The van der Waals surface area contributed by atoms with Crippen molar-refractivity contribution in [3.05, 3.63) is 126 Å². The highest BCUT2D eigenvalue weighted by Crippen LogP contribution is 2.33. The lowest BCUT2D eigenvalue weighted by Gasteiger charge is -2.24. The molecule has 0 radical (unpaired) electrons. The van der Waals surface area contributed by atoms with Crippen LogP contribution >= 0.6 is 0 Å². The molecule has 0 bridgehead atoms. The summed E-state index contributed by atoms with van der Waals surface area (Å²) in [7, 11) is 0. The van der Waals surface area contributed by atoms with Crippen molar-refractivity contribution in [2.24, 2.45) is 0 Å². The number of fused-ring (bicyclic) bond motifs is 1. The molecular weight excluding hydrogens is 633 g/mol. The van der Waals surface area contributed by atoms with E-state index in [-0.39, 0.29) is 35.9 Å². The number of carbonyl (C=O) groups excluding carboxylic acids is 4. The zero-order valence-electron chi connectivity index (χ0n) is 27.5. The Morgan fingerprint density at radius 1 is 0.820 bits per heavy atom. The van der Waals surface area contributed by atoms with Crippen molar-refractivity contribution < 1.29 is 23.6 Å². The molecule has 0 aliphatic carbocycles. The van der Waals surface area contributed by atoms with E-state index in [9.17, 15) is 19.2 Å². The Hall–Kier alpha value is -5.61. The third-order valence-electron chi connectivity index (χ3n) is 9.63. The highest BCUT2D eigenvalue weighted by atomic mass is 19.1.